The summed E-state index contributed by atoms with van der Waals surface area (Å²) < 4.78 is 4.89. The predicted octanol–water partition coefficient (Wildman–Crippen LogP) is 2.69. The molecule has 0 radical (unpaired) electrons. The van der Waals surface area contributed by atoms with Gasteiger partial charge in [0.25, 0.3) is 5.91 Å². The fourth-order valence-corrected chi connectivity index (χ4v) is 2.31. The highest BCUT2D eigenvalue weighted by Crippen LogP contribution is 2.23. The topological polar surface area (TPSA) is 95.9 Å². The molecular weight excluding hydrogens is 322 g/mol. The van der Waals surface area contributed by atoms with Gasteiger partial charge < -0.3 is 20.3 Å². The number of phenols is 2. The fraction of sp³-hybridized carbons (Fsp3) is 0.263. The number of carbonyl (C=O) groups excluding carboxylic acids is 2. The highest BCUT2D eigenvalue weighted by molar-refractivity contribution is 5.94. The summed E-state index contributed by atoms with van der Waals surface area (Å²) in [6.45, 7) is 3.45. The van der Waals surface area contributed by atoms with E-state index in [9.17, 15) is 19.8 Å². The summed E-state index contributed by atoms with van der Waals surface area (Å²) >= 11 is 0. The molecule has 6 nitrogen and oxygen atoms in total. The van der Waals surface area contributed by atoms with Crippen molar-refractivity contribution in [1.82, 2.24) is 5.32 Å². The van der Waals surface area contributed by atoms with Crippen molar-refractivity contribution in [2.45, 2.75) is 26.3 Å². The molecule has 2 aromatic carbocycles. The fourth-order valence-electron chi connectivity index (χ4n) is 2.31. The van der Waals surface area contributed by atoms with Crippen LogP contribution in [0, 0.1) is 0 Å². The third-order valence-electron chi connectivity index (χ3n) is 3.80. The third kappa shape index (κ3) is 4.97. The van der Waals surface area contributed by atoms with Crippen LogP contribution in [0.2, 0.25) is 0 Å². The molecule has 0 saturated heterocycles. The minimum Gasteiger partial charge on any atom is -0.508 e. The van der Waals surface area contributed by atoms with E-state index in [-0.39, 0.29) is 17.4 Å². The number of aryl methyl sites for hydroxylation is 1. The Morgan fingerprint density at radius 3 is 2.40 bits per heavy atom. The Kier molecular flexibility index (Phi) is 6.00. The second-order valence-electron chi connectivity index (χ2n) is 5.66. The van der Waals surface area contributed by atoms with Crippen LogP contribution in [0.1, 0.15) is 41.4 Å². The maximum absolute atomic E-state index is 11.9. The number of hydrogen-bond donors (Lipinski definition) is 3. The van der Waals surface area contributed by atoms with Gasteiger partial charge >= 0.3 is 5.97 Å². The van der Waals surface area contributed by atoms with Gasteiger partial charge in [-0.2, -0.15) is 0 Å². The Balaban J connectivity index is 1.87. The van der Waals surface area contributed by atoms with E-state index < -0.39 is 24.2 Å². The van der Waals surface area contributed by atoms with Crippen molar-refractivity contribution in [3.05, 3.63) is 59.2 Å². The highest BCUT2D eigenvalue weighted by Gasteiger charge is 2.16. The molecular formula is C19H21NO5. The van der Waals surface area contributed by atoms with E-state index in [1.54, 1.807) is 0 Å². The van der Waals surface area contributed by atoms with Gasteiger partial charge in [0, 0.05) is 6.07 Å². The second kappa shape index (κ2) is 8.19. The average Bonchev–Trinajstić information content (AvgIpc) is 2.59. The molecule has 0 aliphatic heterocycles. The zero-order chi connectivity index (χ0) is 18.4. The van der Waals surface area contributed by atoms with Crippen LogP contribution in [0.3, 0.4) is 0 Å². The van der Waals surface area contributed by atoms with Crippen molar-refractivity contribution in [3.8, 4) is 11.5 Å². The lowest BCUT2D eigenvalue weighted by molar-refractivity contribution is -0.124. The molecule has 0 spiro atoms. The standard InChI is InChI=1S/C19H21NO5/c1-3-13-4-6-14(7-5-13)12(2)20-18(23)11-25-19(24)16-9-8-15(21)10-17(16)22/h4-10,12,21-22H,3,11H2,1-2H3,(H,20,23)/t12-/m0/s1. The van der Waals surface area contributed by atoms with Gasteiger partial charge in [-0.05, 0) is 36.6 Å². The van der Waals surface area contributed by atoms with Gasteiger partial charge in [0.15, 0.2) is 6.61 Å². The first kappa shape index (κ1) is 18.3. The molecule has 1 amide bonds. The number of amides is 1. The first-order valence-corrected chi connectivity index (χ1v) is 7.98. The van der Waals surface area contributed by atoms with E-state index in [4.69, 9.17) is 4.74 Å². The lowest BCUT2D eigenvalue weighted by Gasteiger charge is -2.15. The summed E-state index contributed by atoms with van der Waals surface area (Å²) in [5, 5.41) is 21.5. The number of carbonyl (C=O) groups is 2. The lowest BCUT2D eigenvalue weighted by atomic mass is 10.1. The molecule has 25 heavy (non-hydrogen) atoms. The number of phenolic OH excluding ortho intramolecular Hbond substituents is 2. The molecule has 1 atom stereocenters. The van der Waals surface area contributed by atoms with Crippen molar-refractivity contribution in [2.24, 2.45) is 0 Å². The van der Waals surface area contributed by atoms with Gasteiger partial charge in [0.1, 0.15) is 17.1 Å². The molecule has 132 valence electrons. The highest BCUT2D eigenvalue weighted by atomic mass is 16.5. The molecule has 0 fully saturated rings. The summed E-state index contributed by atoms with van der Waals surface area (Å²) in [5.74, 6) is -1.87. The Hall–Kier alpha value is -3.02. The van der Waals surface area contributed by atoms with Crippen LogP contribution in [-0.4, -0.2) is 28.7 Å². The molecule has 0 unspecified atom stereocenters. The van der Waals surface area contributed by atoms with Crippen molar-refractivity contribution in [2.75, 3.05) is 6.61 Å². The van der Waals surface area contributed by atoms with Crippen LogP contribution in [-0.2, 0) is 16.0 Å². The maximum atomic E-state index is 11.9. The SMILES string of the molecule is CCc1ccc([C@H](C)NC(=O)COC(=O)c2ccc(O)cc2O)cc1. The largest absolute Gasteiger partial charge is 0.508 e. The molecule has 0 saturated carbocycles. The lowest BCUT2D eigenvalue weighted by Crippen LogP contribution is -2.31. The second-order valence-corrected chi connectivity index (χ2v) is 5.66. The zero-order valence-electron chi connectivity index (χ0n) is 14.2. The number of rotatable bonds is 6. The minimum absolute atomic E-state index is 0.117. The minimum atomic E-state index is -0.840. The van der Waals surface area contributed by atoms with E-state index in [1.807, 2.05) is 31.2 Å². The summed E-state index contributed by atoms with van der Waals surface area (Å²) in [6, 6.07) is 11.2. The zero-order valence-corrected chi connectivity index (χ0v) is 14.2. The Labute approximate surface area is 146 Å². The van der Waals surface area contributed by atoms with Gasteiger partial charge in [-0.25, -0.2) is 4.79 Å². The van der Waals surface area contributed by atoms with Crippen LogP contribution in [0.15, 0.2) is 42.5 Å². The van der Waals surface area contributed by atoms with Gasteiger partial charge in [-0.1, -0.05) is 31.2 Å². The molecule has 0 aromatic heterocycles. The molecule has 2 aromatic rings. The van der Waals surface area contributed by atoms with Crippen LogP contribution >= 0.6 is 0 Å². The summed E-state index contributed by atoms with van der Waals surface area (Å²) in [4.78, 5) is 23.8. The Morgan fingerprint density at radius 2 is 1.80 bits per heavy atom. The van der Waals surface area contributed by atoms with Crippen molar-refractivity contribution in [3.63, 3.8) is 0 Å². The average molecular weight is 343 g/mol. The number of hydrogen-bond acceptors (Lipinski definition) is 5. The third-order valence-corrected chi connectivity index (χ3v) is 3.80. The maximum Gasteiger partial charge on any atom is 0.342 e. The van der Waals surface area contributed by atoms with Gasteiger partial charge in [-0.3, -0.25) is 4.79 Å². The molecule has 3 N–H and O–H groups in total. The number of nitrogens with one attached hydrogen (secondary N) is 1. The summed E-state index contributed by atoms with van der Waals surface area (Å²) in [7, 11) is 0. The molecule has 0 bridgehead atoms. The summed E-state index contributed by atoms with van der Waals surface area (Å²) in [5.41, 5.74) is 2.05. The number of aromatic hydroxyl groups is 2. The normalized spacial score (nSPS) is 11.6. The van der Waals surface area contributed by atoms with E-state index in [2.05, 4.69) is 12.2 Å². The number of benzene rings is 2. The van der Waals surface area contributed by atoms with Crippen molar-refractivity contribution in [1.29, 1.82) is 0 Å². The first-order chi connectivity index (χ1) is 11.9. The number of ether oxygens (including phenoxy) is 1. The van der Waals surface area contributed by atoms with Gasteiger partial charge in [0.2, 0.25) is 0 Å². The molecule has 0 heterocycles. The van der Waals surface area contributed by atoms with E-state index >= 15 is 0 Å². The predicted molar refractivity (Wildman–Crippen MR) is 92.4 cm³/mol. The summed E-state index contributed by atoms with van der Waals surface area (Å²) in [6.07, 6.45) is 0.946. The van der Waals surface area contributed by atoms with Gasteiger partial charge in [0.05, 0.1) is 6.04 Å². The quantitative estimate of drug-likeness (QED) is 0.701. The first-order valence-electron chi connectivity index (χ1n) is 7.98. The smallest absolute Gasteiger partial charge is 0.342 e. The Bertz CT molecular complexity index is 755. The van der Waals surface area contributed by atoms with Crippen molar-refractivity contribution >= 4 is 11.9 Å². The van der Waals surface area contributed by atoms with E-state index in [0.717, 1.165) is 18.1 Å². The molecule has 0 aliphatic carbocycles. The van der Waals surface area contributed by atoms with E-state index in [0.29, 0.717) is 0 Å². The molecule has 2 rings (SSSR count). The molecule has 6 heteroatoms. The van der Waals surface area contributed by atoms with Crippen LogP contribution in [0.4, 0.5) is 0 Å². The molecule has 0 aliphatic rings. The van der Waals surface area contributed by atoms with Gasteiger partial charge in [-0.15, -0.1) is 0 Å². The van der Waals surface area contributed by atoms with E-state index in [1.165, 1.54) is 17.7 Å². The monoisotopic (exact) mass is 343 g/mol. The van der Waals surface area contributed by atoms with Crippen LogP contribution in [0.5, 0.6) is 11.5 Å². The Morgan fingerprint density at radius 1 is 1.12 bits per heavy atom. The van der Waals surface area contributed by atoms with Crippen LogP contribution < -0.4 is 5.32 Å². The van der Waals surface area contributed by atoms with Crippen molar-refractivity contribution < 1.29 is 24.5 Å². The van der Waals surface area contributed by atoms with Crippen LogP contribution in [0.25, 0.3) is 0 Å². The number of esters is 1.